The molecule has 3 rings (SSSR count). The van der Waals surface area contributed by atoms with E-state index in [1.54, 1.807) is 18.2 Å². The van der Waals surface area contributed by atoms with Crippen LogP contribution in [0.3, 0.4) is 0 Å². The number of hydrogen-bond acceptors (Lipinski definition) is 5. The van der Waals surface area contributed by atoms with Gasteiger partial charge in [0.15, 0.2) is 5.69 Å². The third kappa shape index (κ3) is 2.73. The molecule has 0 fully saturated rings. The molecule has 1 aliphatic heterocycles. The lowest BCUT2D eigenvalue weighted by atomic mass is 10.1. The minimum atomic E-state index is -0.856. The molecular formula is C16H15N3O4. The number of nitrogens with one attached hydrogen (secondary N) is 1. The highest BCUT2D eigenvalue weighted by atomic mass is 16.7. The first-order chi connectivity index (χ1) is 11.0. The van der Waals surface area contributed by atoms with Crippen LogP contribution >= 0.6 is 0 Å². The van der Waals surface area contributed by atoms with Gasteiger partial charge in [-0.15, -0.1) is 0 Å². The molecule has 0 saturated heterocycles. The van der Waals surface area contributed by atoms with Crippen molar-refractivity contribution in [3.63, 3.8) is 0 Å². The summed E-state index contributed by atoms with van der Waals surface area (Å²) in [6.45, 7) is 4.08. The molecule has 2 amide bonds. The van der Waals surface area contributed by atoms with Crippen LogP contribution in [0.25, 0.3) is 0 Å². The van der Waals surface area contributed by atoms with Gasteiger partial charge in [0, 0.05) is 5.69 Å². The van der Waals surface area contributed by atoms with E-state index in [0.717, 1.165) is 12.1 Å². The number of imide groups is 1. The van der Waals surface area contributed by atoms with Gasteiger partial charge >= 0.3 is 5.97 Å². The molecule has 1 aromatic heterocycles. The molecule has 0 spiro atoms. The maximum absolute atomic E-state index is 12.1. The third-order valence-corrected chi connectivity index (χ3v) is 3.40. The molecule has 0 aliphatic carbocycles. The van der Waals surface area contributed by atoms with E-state index < -0.39 is 17.8 Å². The fraction of sp³-hybridized carbons (Fsp3) is 0.250. The van der Waals surface area contributed by atoms with Gasteiger partial charge in [0.2, 0.25) is 0 Å². The number of benzene rings is 1. The van der Waals surface area contributed by atoms with E-state index in [1.807, 2.05) is 13.8 Å². The van der Waals surface area contributed by atoms with E-state index >= 15 is 0 Å². The molecule has 1 aliphatic rings. The van der Waals surface area contributed by atoms with Crippen LogP contribution in [-0.4, -0.2) is 33.0 Å². The third-order valence-electron chi connectivity index (χ3n) is 3.40. The van der Waals surface area contributed by atoms with Crippen LogP contribution in [-0.2, 0) is 11.3 Å². The zero-order chi connectivity index (χ0) is 16.6. The Hall–Kier alpha value is -2.96. The quantitative estimate of drug-likeness (QED) is 0.871. The number of fused-ring (bicyclic) bond motifs is 1. The number of hydroxylamine groups is 2. The summed E-state index contributed by atoms with van der Waals surface area (Å²) in [5.74, 6) is -1.77. The Morgan fingerprint density at radius 2 is 1.83 bits per heavy atom. The molecule has 2 aromatic rings. The van der Waals surface area contributed by atoms with Crippen molar-refractivity contribution in [3.05, 3.63) is 52.8 Å². The van der Waals surface area contributed by atoms with Crippen LogP contribution in [0.2, 0.25) is 0 Å². The molecule has 0 atom stereocenters. The molecule has 2 heterocycles. The van der Waals surface area contributed by atoms with Crippen molar-refractivity contribution >= 4 is 17.8 Å². The average molecular weight is 313 g/mol. The number of rotatable bonds is 4. The van der Waals surface area contributed by atoms with Crippen molar-refractivity contribution in [1.29, 1.82) is 0 Å². The normalized spacial score (nSPS) is 13.6. The van der Waals surface area contributed by atoms with Crippen molar-refractivity contribution in [2.45, 2.75) is 20.3 Å². The van der Waals surface area contributed by atoms with E-state index in [-0.39, 0.29) is 16.8 Å². The predicted octanol–water partition coefficient (Wildman–Crippen LogP) is 1.98. The smallest absolute Gasteiger partial charge is 0.322 e. The van der Waals surface area contributed by atoms with Crippen molar-refractivity contribution in [1.82, 2.24) is 15.3 Å². The van der Waals surface area contributed by atoms with Gasteiger partial charge in [-0.3, -0.25) is 14.7 Å². The molecule has 0 unspecified atom stereocenters. The molecule has 0 saturated carbocycles. The van der Waals surface area contributed by atoms with Gasteiger partial charge in [-0.1, -0.05) is 31.0 Å². The van der Waals surface area contributed by atoms with Gasteiger partial charge in [0.05, 0.1) is 11.1 Å². The lowest BCUT2D eigenvalue weighted by molar-refractivity contribution is -0.0588. The Morgan fingerprint density at radius 3 is 2.39 bits per heavy atom. The maximum Gasteiger partial charge on any atom is 0.384 e. The average Bonchev–Trinajstić information content (AvgIpc) is 3.06. The molecule has 23 heavy (non-hydrogen) atoms. The number of carbonyl (C=O) groups excluding carboxylic acids is 3. The molecule has 7 heteroatoms. The second-order valence-electron chi connectivity index (χ2n) is 5.71. The van der Waals surface area contributed by atoms with Crippen molar-refractivity contribution in [2.75, 3.05) is 0 Å². The second kappa shape index (κ2) is 5.68. The van der Waals surface area contributed by atoms with E-state index in [9.17, 15) is 14.4 Å². The molecule has 7 nitrogen and oxygen atoms in total. The van der Waals surface area contributed by atoms with Crippen LogP contribution in [0.1, 0.15) is 50.7 Å². The summed E-state index contributed by atoms with van der Waals surface area (Å²) in [6, 6.07) is 7.86. The Morgan fingerprint density at radius 1 is 1.22 bits per heavy atom. The van der Waals surface area contributed by atoms with Gasteiger partial charge in [0.25, 0.3) is 11.8 Å². The highest BCUT2D eigenvalue weighted by Gasteiger charge is 2.39. The van der Waals surface area contributed by atoms with Crippen LogP contribution < -0.4 is 0 Å². The minimum Gasteiger partial charge on any atom is -0.322 e. The molecular weight excluding hydrogens is 298 g/mol. The van der Waals surface area contributed by atoms with Crippen molar-refractivity contribution < 1.29 is 19.2 Å². The summed E-state index contributed by atoms with van der Waals surface area (Å²) in [7, 11) is 0. The second-order valence-corrected chi connectivity index (χ2v) is 5.71. The lowest BCUT2D eigenvalue weighted by Gasteiger charge is -2.11. The lowest BCUT2D eigenvalue weighted by Crippen LogP contribution is -2.32. The summed E-state index contributed by atoms with van der Waals surface area (Å²) in [5, 5.41) is 7.08. The summed E-state index contributed by atoms with van der Waals surface area (Å²) in [6.07, 6.45) is 0.729. The van der Waals surface area contributed by atoms with Gasteiger partial charge in [0.1, 0.15) is 0 Å². The predicted molar refractivity (Wildman–Crippen MR) is 79.5 cm³/mol. The van der Waals surface area contributed by atoms with Crippen LogP contribution in [0, 0.1) is 5.92 Å². The Bertz CT molecular complexity index is 759. The van der Waals surface area contributed by atoms with Crippen LogP contribution in [0.5, 0.6) is 0 Å². The number of carbonyl (C=O) groups is 3. The monoisotopic (exact) mass is 313 g/mol. The Balaban J connectivity index is 1.75. The van der Waals surface area contributed by atoms with Gasteiger partial charge < -0.3 is 4.84 Å². The molecule has 0 radical (unpaired) electrons. The molecule has 1 aromatic carbocycles. The van der Waals surface area contributed by atoms with Gasteiger partial charge in [-0.25, -0.2) is 4.79 Å². The van der Waals surface area contributed by atoms with Gasteiger partial charge in [-0.2, -0.15) is 5.10 Å². The Labute approximate surface area is 132 Å². The first kappa shape index (κ1) is 15.0. The highest BCUT2D eigenvalue weighted by Crippen LogP contribution is 2.23. The fourth-order valence-corrected chi connectivity index (χ4v) is 2.39. The number of hydrogen-bond donors (Lipinski definition) is 1. The maximum atomic E-state index is 12.1. The summed E-state index contributed by atoms with van der Waals surface area (Å²) in [5.41, 5.74) is 1.24. The van der Waals surface area contributed by atoms with Crippen LogP contribution in [0.4, 0.5) is 0 Å². The summed E-state index contributed by atoms with van der Waals surface area (Å²) in [4.78, 5) is 41.3. The number of aromatic amines is 1. The first-order valence-electron chi connectivity index (χ1n) is 7.21. The first-order valence-corrected chi connectivity index (χ1v) is 7.21. The van der Waals surface area contributed by atoms with Crippen molar-refractivity contribution in [3.8, 4) is 0 Å². The SMILES string of the molecule is CC(C)Cc1cc(C(=O)ON2C(=O)c3ccccc3C2=O)n[nH]1. The molecule has 1 N–H and O–H groups in total. The summed E-state index contributed by atoms with van der Waals surface area (Å²) >= 11 is 0. The van der Waals surface area contributed by atoms with Crippen LogP contribution in [0.15, 0.2) is 30.3 Å². The highest BCUT2D eigenvalue weighted by molar-refractivity contribution is 6.21. The fourth-order valence-electron chi connectivity index (χ4n) is 2.39. The largest absolute Gasteiger partial charge is 0.384 e. The standard InChI is InChI=1S/C16H15N3O4/c1-9(2)7-10-8-13(18-17-10)16(22)23-19-14(20)11-5-3-4-6-12(11)15(19)21/h3-6,8-9H,7H2,1-2H3,(H,17,18). The number of nitrogens with zero attached hydrogens (tertiary/aromatic N) is 2. The van der Waals surface area contributed by atoms with E-state index in [4.69, 9.17) is 4.84 Å². The molecule has 0 bridgehead atoms. The minimum absolute atomic E-state index is 0.0252. The van der Waals surface area contributed by atoms with E-state index in [0.29, 0.717) is 11.0 Å². The van der Waals surface area contributed by atoms with E-state index in [2.05, 4.69) is 10.2 Å². The topological polar surface area (TPSA) is 92.4 Å². The van der Waals surface area contributed by atoms with Crippen molar-refractivity contribution in [2.24, 2.45) is 5.92 Å². The van der Waals surface area contributed by atoms with Gasteiger partial charge in [-0.05, 0) is 30.5 Å². The number of amides is 2. The summed E-state index contributed by atoms with van der Waals surface area (Å²) < 4.78 is 0. The zero-order valence-electron chi connectivity index (χ0n) is 12.7. The zero-order valence-corrected chi connectivity index (χ0v) is 12.7. The number of H-pyrrole nitrogens is 1. The Kier molecular flexibility index (Phi) is 3.69. The molecule has 118 valence electrons. The number of aromatic nitrogens is 2. The van der Waals surface area contributed by atoms with E-state index in [1.165, 1.54) is 12.1 Å².